The monoisotopic (exact) mass is 408 g/mol. The highest BCUT2D eigenvalue weighted by Gasteiger charge is 2.38. The lowest BCUT2D eigenvalue weighted by atomic mass is 9.69. The number of benzene rings is 1. The predicted octanol–water partition coefficient (Wildman–Crippen LogP) is 4.86. The molecule has 0 N–H and O–H groups in total. The summed E-state index contributed by atoms with van der Waals surface area (Å²) in [4.78, 5) is 18.9. The van der Waals surface area contributed by atoms with Gasteiger partial charge in [-0.2, -0.15) is 0 Å². The molecule has 0 aliphatic heterocycles. The second kappa shape index (κ2) is 7.48. The third-order valence-corrected chi connectivity index (χ3v) is 6.92. The first-order valence-corrected chi connectivity index (χ1v) is 11.3. The Balaban J connectivity index is 2.08. The van der Waals surface area contributed by atoms with Crippen LogP contribution >= 0.6 is 11.8 Å². The van der Waals surface area contributed by atoms with E-state index in [0.717, 1.165) is 52.6 Å². The summed E-state index contributed by atoms with van der Waals surface area (Å²) in [6.07, 6.45) is 2.76. The van der Waals surface area contributed by atoms with Gasteiger partial charge in [0.15, 0.2) is 5.16 Å². The summed E-state index contributed by atoms with van der Waals surface area (Å²) in [6.45, 7) is 13.0. The van der Waals surface area contributed by atoms with Gasteiger partial charge in [-0.1, -0.05) is 69.0 Å². The molecule has 2 heterocycles. The second-order valence-electron chi connectivity index (χ2n) is 8.27. The normalized spacial score (nSPS) is 17.9. The molecular formula is C23H28N4OS. The molecule has 0 radical (unpaired) electrons. The van der Waals surface area contributed by atoms with Gasteiger partial charge in [-0.05, 0) is 31.7 Å². The fourth-order valence-corrected chi connectivity index (χ4v) is 4.99. The number of thioether (sulfide) groups is 1. The molecule has 0 fully saturated rings. The molecule has 2 aromatic heterocycles. The van der Waals surface area contributed by atoms with Gasteiger partial charge in [0.2, 0.25) is 5.78 Å². The molecule has 152 valence electrons. The zero-order valence-corrected chi connectivity index (χ0v) is 18.5. The molecule has 4 rings (SSSR count). The van der Waals surface area contributed by atoms with Gasteiger partial charge < -0.3 is 0 Å². The molecular weight excluding hydrogens is 380 g/mol. The first-order chi connectivity index (χ1) is 13.9. The van der Waals surface area contributed by atoms with E-state index in [1.54, 1.807) is 16.2 Å². The van der Waals surface area contributed by atoms with Crippen LogP contribution in [0, 0.1) is 0 Å². The molecule has 0 saturated heterocycles. The van der Waals surface area contributed by atoms with E-state index in [0.29, 0.717) is 12.3 Å². The Morgan fingerprint density at radius 2 is 2.07 bits per heavy atom. The maximum atomic E-state index is 13.9. The smallest absolute Gasteiger partial charge is 0.265 e. The average Bonchev–Trinajstić information content (AvgIpc) is 3.03. The van der Waals surface area contributed by atoms with Gasteiger partial charge in [0.1, 0.15) is 0 Å². The summed E-state index contributed by atoms with van der Waals surface area (Å²) in [5.74, 6) is 1.52. The number of hydrogen-bond acceptors (Lipinski definition) is 4. The molecule has 6 heteroatoms. The Morgan fingerprint density at radius 1 is 1.31 bits per heavy atom. The Labute approximate surface area is 175 Å². The van der Waals surface area contributed by atoms with Crippen LogP contribution in [0.15, 0.2) is 46.4 Å². The van der Waals surface area contributed by atoms with Crippen molar-refractivity contribution < 1.29 is 0 Å². The highest BCUT2D eigenvalue weighted by molar-refractivity contribution is 7.99. The molecule has 0 amide bonds. The van der Waals surface area contributed by atoms with Gasteiger partial charge in [-0.15, -0.1) is 5.10 Å². The van der Waals surface area contributed by atoms with Gasteiger partial charge in [0.05, 0.1) is 17.8 Å². The number of allylic oxidation sites excluding steroid dienone is 1. The van der Waals surface area contributed by atoms with Crippen molar-refractivity contribution in [2.45, 2.75) is 64.1 Å². The van der Waals surface area contributed by atoms with Gasteiger partial charge in [0, 0.05) is 16.7 Å². The molecule has 1 aliphatic carbocycles. The Kier molecular flexibility index (Phi) is 5.15. The van der Waals surface area contributed by atoms with Gasteiger partial charge in [-0.25, -0.2) is 14.1 Å². The van der Waals surface area contributed by atoms with Crippen molar-refractivity contribution in [1.29, 1.82) is 0 Å². The minimum Gasteiger partial charge on any atom is -0.268 e. The third-order valence-electron chi connectivity index (χ3n) is 5.79. The summed E-state index contributed by atoms with van der Waals surface area (Å²) >= 11 is 1.62. The number of hydrogen-bond donors (Lipinski definition) is 0. The van der Waals surface area contributed by atoms with Crippen LogP contribution in [0.2, 0.25) is 0 Å². The summed E-state index contributed by atoms with van der Waals surface area (Å²) < 4.78 is 3.55. The predicted molar refractivity (Wildman–Crippen MR) is 120 cm³/mol. The van der Waals surface area contributed by atoms with Crippen molar-refractivity contribution in [2.75, 3.05) is 5.75 Å². The highest BCUT2D eigenvalue weighted by atomic mass is 32.2. The van der Waals surface area contributed by atoms with Crippen molar-refractivity contribution in [3.63, 3.8) is 0 Å². The van der Waals surface area contributed by atoms with Crippen LogP contribution < -0.4 is 5.56 Å². The number of nitrogens with zero attached hydrogens (tertiary/aromatic N) is 4. The van der Waals surface area contributed by atoms with E-state index in [9.17, 15) is 4.79 Å². The zero-order valence-electron chi connectivity index (χ0n) is 17.7. The van der Waals surface area contributed by atoms with Crippen LogP contribution in [0.4, 0.5) is 0 Å². The molecule has 1 atom stereocenters. The van der Waals surface area contributed by atoms with E-state index >= 15 is 0 Å². The van der Waals surface area contributed by atoms with Crippen LogP contribution in [0.25, 0.3) is 17.0 Å². The summed E-state index contributed by atoms with van der Waals surface area (Å²) in [7, 11) is 0. The Morgan fingerprint density at radius 3 is 2.76 bits per heavy atom. The van der Waals surface area contributed by atoms with Crippen LogP contribution in [-0.4, -0.2) is 24.9 Å². The van der Waals surface area contributed by atoms with Crippen molar-refractivity contribution in [3.05, 3.63) is 57.9 Å². The molecule has 3 aromatic rings. The average molecular weight is 409 g/mol. The fraction of sp³-hybridized carbons (Fsp3) is 0.435. The maximum Gasteiger partial charge on any atom is 0.265 e. The van der Waals surface area contributed by atoms with Gasteiger partial charge in [-0.3, -0.25) is 4.79 Å². The fourth-order valence-electron chi connectivity index (χ4n) is 4.15. The molecule has 0 unspecified atom stereocenters. The minimum absolute atomic E-state index is 0.0235. The maximum absolute atomic E-state index is 13.9. The Hall–Kier alpha value is -2.34. The van der Waals surface area contributed by atoms with Crippen LogP contribution in [0.5, 0.6) is 0 Å². The van der Waals surface area contributed by atoms with Gasteiger partial charge in [0.25, 0.3) is 5.56 Å². The largest absolute Gasteiger partial charge is 0.268 e. The van der Waals surface area contributed by atoms with E-state index in [1.807, 2.05) is 17.7 Å². The third kappa shape index (κ3) is 3.23. The molecule has 5 nitrogen and oxygen atoms in total. The standard InChI is InChI=1S/C23H28N4OS/c1-6-12-29-22-25-26(14-15(3)4)21-24-19-17-11-9-8-10-16(17)13-23(5,7-2)18(19)20(28)27(21)22/h8-11H,3,6-7,12-14H2,1-2,4-5H3/t23-/m0/s1. The molecule has 0 bridgehead atoms. The first kappa shape index (κ1) is 20.0. The minimum atomic E-state index is -0.238. The zero-order chi connectivity index (χ0) is 20.8. The number of aromatic nitrogens is 4. The molecule has 0 spiro atoms. The molecule has 1 aromatic carbocycles. The highest BCUT2D eigenvalue weighted by Crippen LogP contribution is 2.42. The topological polar surface area (TPSA) is 52.2 Å². The SMILES string of the molecule is C=C(C)Cn1nc(SCCC)n2c(=O)c3c(nc12)-c1ccccc1C[C@]3(C)CC. The van der Waals surface area contributed by atoms with Crippen molar-refractivity contribution in [3.8, 4) is 11.3 Å². The molecule has 0 saturated carbocycles. The van der Waals surface area contributed by atoms with E-state index < -0.39 is 0 Å². The summed E-state index contributed by atoms with van der Waals surface area (Å²) in [5, 5.41) is 5.47. The lowest BCUT2D eigenvalue weighted by Gasteiger charge is -2.35. The molecule has 29 heavy (non-hydrogen) atoms. The summed E-state index contributed by atoms with van der Waals surface area (Å²) in [6, 6.07) is 8.33. The van der Waals surface area contributed by atoms with Crippen LogP contribution in [-0.2, 0) is 18.4 Å². The van der Waals surface area contributed by atoms with E-state index in [4.69, 9.17) is 10.1 Å². The van der Waals surface area contributed by atoms with Crippen LogP contribution in [0.1, 0.15) is 51.7 Å². The van der Waals surface area contributed by atoms with E-state index in [1.165, 1.54) is 5.56 Å². The van der Waals surface area contributed by atoms with Crippen molar-refractivity contribution in [2.24, 2.45) is 0 Å². The van der Waals surface area contributed by atoms with Crippen molar-refractivity contribution >= 4 is 17.5 Å². The molecule has 1 aliphatic rings. The number of rotatable bonds is 6. The second-order valence-corrected chi connectivity index (χ2v) is 9.33. The van der Waals surface area contributed by atoms with E-state index in [2.05, 4.69) is 45.5 Å². The Bertz CT molecular complexity index is 1160. The van der Waals surface area contributed by atoms with Crippen molar-refractivity contribution in [1.82, 2.24) is 19.2 Å². The lowest BCUT2D eigenvalue weighted by Crippen LogP contribution is -2.37. The summed E-state index contributed by atoms with van der Waals surface area (Å²) in [5.41, 5.74) is 4.73. The first-order valence-electron chi connectivity index (χ1n) is 10.3. The quantitative estimate of drug-likeness (QED) is 0.432. The van der Waals surface area contributed by atoms with Crippen LogP contribution in [0.3, 0.4) is 0 Å². The van der Waals surface area contributed by atoms with Gasteiger partial charge >= 0.3 is 0 Å². The lowest BCUT2D eigenvalue weighted by molar-refractivity contribution is 0.439. The number of fused-ring (bicyclic) bond motifs is 4. The van der Waals surface area contributed by atoms with E-state index in [-0.39, 0.29) is 11.0 Å².